The Kier molecular flexibility index (Phi) is 5.12. The molecule has 0 aliphatic carbocycles. The Hall–Kier alpha value is -1.69. The molecule has 1 N–H and O–H groups in total. The maximum atomic E-state index is 12.0. The second-order valence-corrected chi connectivity index (χ2v) is 6.32. The van der Waals surface area contributed by atoms with E-state index in [-0.39, 0.29) is 6.09 Å². The van der Waals surface area contributed by atoms with Gasteiger partial charge in [0.15, 0.2) is 0 Å². The molecule has 2 heterocycles. The quantitative estimate of drug-likeness (QED) is 0.922. The fourth-order valence-corrected chi connectivity index (χ4v) is 2.26. The fraction of sp³-hybridized carbons (Fsp3) is 0.667. The molecular formula is C15H24N4O2. The Bertz CT molecular complexity index is 450. The molecule has 6 nitrogen and oxygen atoms in total. The molecule has 0 saturated carbocycles. The van der Waals surface area contributed by atoms with Crippen LogP contribution in [0.5, 0.6) is 0 Å². The third-order valence-corrected chi connectivity index (χ3v) is 3.34. The third-order valence-electron chi connectivity index (χ3n) is 3.34. The predicted octanol–water partition coefficient (Wildman–Crippen LogP) is 1.97. The van der Waals surface area contributed by atoms with Gasteiger partial charge >= 0.3 is 6.09 Å². The summed E-state index contributed by atoms with van der Waals surface area (Å²) in [6.07, 6.45) is 6.78. The van der Waals surface area contributed by atoms with Gasteiger partial charge in [0, 0.05) is 44.3 Å². The minimum Gasteiger partial charge on any atom is -0.444 e. The molecule has 1 saturated heterocycles. The van der Waals surface area contributed by atoms with Crippen molar-refractivity contribution in [1.29, 1.82) is 0 Å². The maximum absolute atomic E-state index is 12.0. The number of likely N-dealkylation sites (tertiary alicyclic amines) is 1. The molecule has 1 aliphatic rings. The summed E-state index contributed by atoms with van der Waals surface area (Å²) < 4.78 is 5.39. The highest BCUT2D eigenvalue weighted by atomic mass is 16.6. The molecule has 116 valence electrons. The van der Waals surface area contributed by atoms with E-state index in [1.54, 1.807) is 23.5 Å². The van der Waals surface area contributed by atoms with E-state index in [4.69, 9.17) is 4.74 Å². The number of nitrogens with zero attached hydrogens (tertiary/aromatic N) is 3. The summed E-state index contributed by atoms with van der Waals surface area (Å²) in [5.41, 5.74) is 0.505. The topological polar surface area (TPSA) is 67.3 Å². The van der Waals surface area contributed by atoms with E-state index in [1.807, 2.05) is 20.8 Å². The van der Waals surface area contributed by atoms with Gasteiger partial charge in [-0.3, -0.25) is 9.97 Å². The van der Waals surface area contributed by atoms with E-state index in [0.29, 0.717) is 12.6 Å². The van der Waals surface area contributed by atoms with Crippen molar-refractivity contribution in [2.24, 2.45) is 0 Å². The lowest BCUT2D eigenvalue weighted by atomic mass is 10.1. The molecule has 1 aliphatic heterocycles. The van der Waals surface area contributed by atoms with Gasteiger partial charge in [0.05, 0.1) is 5.69 Å². The Morgan fingerprint density at radius 3 is 2.67 bits per heavy atom. The molecule has 0 atom stereocenters. The van der Waals surface area contributed by atoms with E-state index < -0.39 is 5.60 Å². The van der Waals surface area contributed by atoms with Crippen molar-refractivity contribution >= 4 is 6.09 Å². The number of hydrogen-bond donors (Lipinski definition) is 1. The van der Waals surface area contributed by atoms with Crippen LogP contribution in [0.3, 0.4) is 0 Å². The van der Waals surface area contributed by atoms with Crippen LogP contribution in [0, 0.1) is 0 Å². The van der Waals surface area contributed by atoms with E-state index in [1.165, 1.54) is 0 Å². The van der Waals surface area contributed by atoms with Crippen LogP contribution in [0.15, 0.2) is 18.6 Å². The number of rotatable bonds is 3. The van der Waals surface area contributed by atoms with E-state index >= 15 is 0 Å². The first-order valence-corrected chi connectivity index (χ1v) is 7.40. The van der Waals surface area contributed by atoms with Gasteiger partial charge in [-0.15, -0.1) is 0 Å². The maximum Gasteiger partial charge on any atom is 0.410 e. The minimum absolute atomic E-state index is 0.213. The highest BCUT2D eigenvalue weighted by Crippen LogP contribution is 2.15. The van der Waals surface area contributed by atoms with Crippen LogP contribution in [0.4, 0.5) is 4.79 Å². The van der Waals surface area contributed by atoms with Crippen molar-refractivity contribution in [3.63, 3.8) is 0 Å². The summed E-state index contributed by atoms with van der Waals surface area (Å²) in [6, 6.07) is 0.408. The molecule has 21 heavy (non-hydrogen) atoms. The summed E-state index contributed by atoms with van der Waals surface area (Å²) in [5, 5.41) is 3.46. The van der Waals surface area contributed by atoms with Gasteiger partial charge < -0.3 is 15.0 Å². The molecule has 6 heteroatoms. The first-order valence-electron chi connectivity index (χ1n) is 7.40. The van der Waals surface area contributed by atoms with Crippen molar-refractivity contribution in [3.05, 3.63) is 24.3 Å². The molecule has 1 aromatic heterocycles. The van der Waals surface area contributed by atoms with Crippen molar-refractivity contribution in [2.75, 3.05) is 13.1 Å². The Balaban J connectivity index is 1.72. The Morgan fingerprint density at radius 2 is 2.10 bits per heavy atom. The molecular weight excluding hydrogens is 268 g/mol. The van der Waals surface area contributed by atoms with Crippen molar-refractivity contribution in [2.45, 2.75) is 51.8 Å². The first kappa shape index (κ1) is 15.7. The lowest BCUT2D eigenvalue weighted by molar-refractivity contribution is 0.0198. The molecule has 0 unspecified atom stereocenters. The number of nitrogens with one attached hydrogen (secondary N) is 1. The van der Waals surface area contributed by atoms with Crippen molar-refractivity contribution in [3.8, 4) is 0 Å². The van der Waals surface area contributed by atoms with E-state index in [0.717, 1.165) is 31.6 Å². The van der Waals surface area contributed by atoms with Gasteiger partial charge in [-0.25, -0.2) is 4.79 Å². The largest absolute Gasteiger partial charge is 0.444 e. The SMILES string of the molecule is CC(C)(C)OC(=O)N1CCC(NCc2cnccn2)CC1. The standard InChI is InChI=1S/C15H24N4O2/c1-15(2,3)21-14(20)19-8-4-12(5-9-19)18-11-13-10-16-6-7-17-13/h6-7,10,12,18H,4-5,8-9,11H2,1-3H3. The zero-order valence-corrected chi connectivity index (χ0v) is 13.0. The third kappa shape index (κ3) is 5.30. The summed E-state index contributed by atoms with van der Waals surface area (Å²) in [7, 11) is 0. The highest BCUT2D eigenvalue weighted by molar-refractivity contribution is 5.68. The molecule has 0 radical (unpaired) electrons. The Morgan fingerprint density at radius 1 is 1.38 bits per heavy atom. The zero-order chi connectivity index (χ0) is 15.3. The average Bonchev–Trinajstić information content (AvgIpc) is 2.45. The molecule has 1 fully saturated rings. The van der Waals surface area contributed by atoms with E-state index in [9.17, 15) is 4.79 Å². The molecule has 1 aromatic rings. The average molecular weight is 292 g/mol. The molecule has 0 spiro atoms. The fourth-order valence-electron chi connectivity index (χ4n) is 2.26. The van der Waals surface area contributed by atoms with Crippen LogP contribution in [0.1, 0.15) is 39.3 Å². The van der Waals surface area contributed by atoms with Crippen LogP contribution in [-0.2, 0) is 11.3 Å². The van der Waals surface area contributed by atoms with Crippen LogP contribution in [0.25, 0.3) is 0 Å². The number of ether oxygens (including phenoxy) is 1. The summed E-state index contributed by atoms with van der Waals surface area (Å²) in [6.45, 7) is 7.84. The number of amides is 1. The van der Waals surface area contributed by atoms with Gasteiger partial charge in [0.25, 0.3) is 0 Å². The highest BCUT2D eigenvalue weighted by Gasteiger charge is 2.26. The summed E-state index contributed by atoms with van der Waals surface area (Å²) in [5.74, 6) is 0. The monoisotopic (exact) mass is 292 g/mol. The van der Waals surface area contributed by atoms with Gasteiger partial charge in [-0.1, -0.05) is 0 Å². The molecule has 2 rings (SSSR count). The molecule has 0 bridgehead atoms. The Labute approximate surface area is 125 Å². The van der Waals surface area contributed by atoms with Gasteiger partial charge in [0.1, 0.15) is 5.60 Å². The number of hydrogen-bond acceptors (Lipinski definition) is 5. The minimum atomic E-state index is -0.432. The van der Waals surface area contributed by atoms with Crippen LogP contribution >= 0.6 is 0 Å². The van der Waals surface area contributed by atoms with E-state index in [2.05, 4.69) is 15.3 Å². The lowest BCUT2D eigenvalue weighted by Crippen LogP contribution is -2.46. The number of carbonyl (C=O) groups is 1. The smallest absolute Gasteiger partial charge is 0.410 e. The number of carbonyl (C=O) groups excluding carboxylic acids is 1. The van der Waals surface area contributed by atoms with Crippen LogP contribution in [0.2, 0.25) is 0 Å². The predicted molar refractivity (Wildman–Crippen MR) is 79.7 cm³/mol. The lowest BCUT2D eigenvalue weighted by Gasteiger charge is -2.33. The van der Waals surface area contributed by atoms with Crippen molar-refractivity contribution in [1.82, 2.24) is 20.2 Å². The molecule has 0 aromatic carbocycles. The second-order valence-electron chi connectivity index (χ2n) is 6.32. The van der Waals surface area contributed by atoms with Crippen molar-refractivity contribution < 1.29 is 9.53 Å². The second kappa shape index (κ2) is 6.85. The number of piperidine rings is 1. The molecule has 1 amide bonds. The number of aromatic nitrogens is 2. The first-order chi connectivity index (χ1) is 9.94. The van der Waals surface area contributed by atoms with Gasteiger partial charge in [-0.2, -0.15) is 0 Å². The zero-order valence-electron chi connectivity index (χ0n) is 13.0. The summed E-state index contributed by atoms with van der Waals surface area (Å²) >= 11 is 0. The van der Waals surface area contributed by atoms with Crippen LogP contribution in [-0.4, -0.2) is 45.7 Å². The van der Waals surface area contributed by atoms with Gasteiger partial charge in [0.2, 0.25) is 0 Å². The van der Waals surface area contributed by atoms with Crippen LogP contribution < -0.4 is 5.32 Å². The van der Waals surface area contributed by atoms with Gasteiger partial charge in [-0.05, 0) is 33.6 Å². The summed E-state index contributed by atoms with van der Waals surface area (Å²) in [4.78, 5) is 22.0. The normalized spacial score (nSPS) is 16.8.